The number of aryl methyl sites for hydroxylation is 1. The summed E-state index contributed by atoms with van der Waals surface area (Å²) >= 11 is 0. The van der Waals surface area contributed by atoms with E-state index in [1.54, 1.807) is 14.0 Å². The minimum Gasteiger partial charge on any atom is -0.378 e. The maximum atomic E-state index is 12.0. The molecule has 1 aliphatic heterocycles. The number of carbonyl (C=O) groups excluding carboxylic acids is 1. The summed E-state index contributed by atoms with van der Waals surface area (Å²) in [5.74, 6) is -0.369. The number of amides is 1. The first-order chi connectivity index (χ1) is 8.61. The number of hydrogen-bond donors (Lipinski definition) is 3. The highest BCUT2D eigenvalue weighted by Crippen LogP contribution is 2.04. The molecule has 0 spiro atoms. The first-order valence-electron chi connectivity index (χ1n) is 5.85. The molecule has 2 rings (SSSR count). The van der Waals surface area contributed by atoms with Gasteiger partial charge in [0.1, 0.15) is 5.56 Å². The lowest BCUT2D eigenvalue weighted by molar-refractivity contribution is 0.0779. The van der Waals surface area contributed by atoms with Crippen molar-refractivity contribution >= 4 is 5.91 Å². The average Bonchev–Trinajstić information content (AvgIpc) is 2.76. The molecular formula is C12H17N3O3. The van der Waals surface area contributed by atoms with Gasteiger partial charge < -0.3 is 20.4 Å². The standard InChI is InChI=1S/C12H17N3O3/c1-7-3-10(16)8(4-14-7)12(17)15-9-5-13-6-11(9)18-2/h3-4,9,11,13H,5-6H2,1-2H3,(H,14,16)(H,15,17)/t9?,11-/m0/s1. The lowest BCUT2D eigenvalue weighted by Crippen LogP contribution is -2.44. The van der Waals surface area contributed by atoms with E-state index in [9.17, 15) is 9.59 Å². The Labute approximate surface area is 105 Å². The van der Waals surface area contributed by atoms with Gasteiger partial charge in [-0.15, -0.1) is 0 Å². The zero-order chi connectivity index (χ0) is 13.1. The maximum absolute atomic E-state index is 12.0. The predicted molar refractivity (Wildman–Crippen MR) is 66.7 cm³/mol. The molecule has 18 heavy (non-hydrogen) atoms. The second-order valence-corrected chi connectivity index (χ2v) is 4.41. The molecule has 6 nitrogen and oxygen atoms in total. The Hall–Kier alpha value is -1.66. The fourth-order valence-electron chi connectivity index (χ4n) is 2.04. The molecule has 1 saturated heterocycles. The Kier molecular flexibility index (Phi) is 3.78. The molecule has 2 heterocycles. The quantitative estimate of drug-likeness (QED) is 0.670. The minimum atomic E-state index is -0.369. The first kappa shape index (κ1) is 12.8. The topological polar surface area (TPSA) is 83.2 Å². The SMILES string of the molecule is CO[C@H]1CNCC1NC(=O)c1c[nH]c(C)cc1=O. The molecule has 1 unspecified atom stereocenters. The van der Waals surface area contributed by atoms with Crippen molar-refractivity contribution in [2.24, 2.45) is 0 Å². The smallest absolute Gasteiger partial charge is 0.257 e. The van der Waals surface area contributed by atoms with Gasteiger partial charge in [0.2, 0.25) is 0 Å². The molecule has 1 aromatic rings. The van der Waals surface area contributed by atoms with E-state index < -0.39 is 0 Å². The van der Waals surface area contributed by atoms with Crippen molar-refractivity contribution in [3.05, 3.63) is 33.7 Å². The van der Waals surface area contributed by atoms with Crippen LogP contribution in [0.4, 0.5) is 0 Å². The highest BCUT2D eigenvalue weighted by Gasteiger charge is 2.28. The third-order valence-electron chi connectivity index (χ3n) is 3.08. The van der Waals surface area contributed by atoms with Crippen LogP contribution in [-0.2, 0) is 4.74 Å². The van der Waals surface area contributed by atoms with Crippen molar-refractivity contribution in [2.75, 3.05) is 20.2 Å². The van der Waals surface area contributed by atoms with Crippen LogP contribution < -0.4 is 16.1 Å². The van der Waals surface area contributed by atoms with Gasteiger partial charge in [-0.2, -0.15) is 0 Å². The Bertz CT molecular complexity index is 498. The molecule has 6 heteroatoms. The van der Waals surface area contributed by atoms with E-state index in [0.717, 1.165) is 5.69 Å². The third-order valence-corrected chi connectivity index (χ3v) is 3.08. The lowest BCUT2D eigenvalue weighted by Gasteiger charge is -2.18. The normalized spacial score (nSPS) is 23.0. The van der Waals surface area contributed by atoms with Crippen LogP contribution in [0.3, 0.4) is 0 Å². The molecule has 0 aliphatic carbocycles. The molecule has 1 fully saturated rings. The second kappa shape index (κ2) is 5.32. The molecule has 0 saturated carbocycles. The van der Waals surface area contributed by atoms with Crippen LogP contribution in [0.15, 0.2) is 17.1 Å². The summed E-state index contributed by atoms with van der Waals surface area (Å²) in [4.78, 5) is 26.5. The highest BCUT2D eigenvalue weighted by molar-refractivity contribution is 5.94. The first-order valence-corrected chi connectivity index (χ1v) is 5.85. The summed E-state index contributed by atoms with van der Waals surface area (Å²) in [5, 5.41) is 5.94. The van der Waals surface area contributed by atoms with Gasteiger partial charge in [-0.25, -0.2) is 0 Å². The summed E-state index contributed by atoms with van der Waals surface area (Å²) in [6, 6.07) is 1.30. The minimum absolute atomic E-state index is 0.0570. The van der Waals surface area contributed by atoms with Gasteiger partial charge >= 0.3 is 0 Å². The fraction of sp³-hybridized carbons (Fsp3) is 0.500. The molecule has 1 aromatic heterocycles. The molecule has 98 valence electrons. The highest BCUT2D eigenvalue weighted by atomic mass is 16.5. The van der Waals surface area contributed by atoms with E-state index in [0.29, 0.717) is 13.1 Å². The van der Waals surface area contributed by atoms with Crippen molar-refractivity contribution in [3.63, 3.8) is 0 Å². The maximum Gasteiger partial charge on any atom is 0.257 e. The summed E-state index contributed by atoms with van der Waals surface area (Å²) < 4.78 is 5.25. The van der Waals surface area contributed by atoms with Gasteiger partial charge in [0.15, 0.2) is 5.43 Å². The summed E-state index contributed by atoms with van der Waals surface area (Å²) in [6.07, 6.45) is 1.38. The molecule has 3 N–H and O–H groups in total. The monoisotopic (exact) mass is 251 g/mol. The number of hydrogen-bond acceptors (Lipinski definition) is 4. The second-order valence-electron chi connectivity index (χ2n) is 4.41. The summed E-state index contributed by atoms with van der Waals surface area (Å²) in [7, 11) is 1.61. The average molecular weight is 251 g/mol. The van der Waals surface area contributed by atoms with Gasteiger partial charge in [0, 0.05) is 38.2 Å². The van der Waals surface area contributed by atoms with Crippen molar-refractivity contribution in [3.8, 4) is 0 Å². The number of carbonyl (C=O) groups is 1. The van der Waals surface area contributed by atoms with E-state index in [-0.39, 0.29) is 29.0 Å². The van der Waals surface area contributed by atoms with E-state index in [4.69, 9.17) is 4.74 Å². The third kappa shape index (κ3) is 2.60. The Morgan fingerprint density at radius 2 is 2.28 bits per heavy atom. The molecule has 1 amide bonds. The number of H-pyrrole nitrogens is 1. The van der Waals surface area contributed by atoms with Crippen molar-refractivity contribution in [1.29, 1.82) is 0 Å². The van der Waals surface area contributed by atoms with Crippen LogP contribution in [0, 0.1) is 6.92 Å². The molecule has 0 radical (unpaired) electrons. The van der Waals surface area contributed by atoms with Crippen molar-refractivity contribution in [1.82, 2.24) is 15.6 Å². The molecule has 1 aliphatic rings. The number of nitrogens with one attached hydrogen (secondary N) is 3. The number of aromatic amines is 1. The van der Waals surface area contributed by atoms with Gasteiger partial charge in [0.05, 0.1) is 12.1 Å². The van der Waals surface area contributed by atoms with E-state index in [2.05, 4.69) is 15.6 Å². The number of pyridine rings is 1. The molecule has 0 bridgehead atoms. The van der Waals surface area contributed by atoms with Gasteiger partial charge in [0.25, 0.3) is 5.91 Å². The van der Waals surface area contributed by atoms with E-state index >= 15 is 0 Å². The number of aromatic nitrogens is 1. The largest absolute Gasteiger partial charge is 0.378 e. The van der Waals surface area contributed by atoms with Crippen molar-refractivity contribution in [2.45, 2.75) is 19.1 Å². The summed E-state index contributed by atoms with van der Waals surface area (Å²) in [6.45, 7) is 3.12. The Balaban J connectivity index is 2.10. The molecule has 2 atom stereocenters. The van der Waals surface area contributed by atoms with E-state index in [1.165, 1.54) is 12.3 Å². The predicted octanol–water partition coefficient (Wildman–Crippen LogP) is -0.600. The molecule has 0 aromatic carbocycles. The Morgan fingerprint density at radius 1 is 1.50 bits per heavy atom. The van der Waals surface area contributed by atoms with E-state index in [1.807, 2.05) is 0 Å². The van der Waals surface area contributed by atoms with Crippen LogP contribution in [0.2, 0.25) is 0 Å². The number of methoxy groups -OCH3 is 1. The molecular weight excluding hydrogens is 234 g/mol. The lowest BCUT2D eigenvalue weighted by atomic mass is 10.2. The summed E-state index contributed by atoms with van der Waals surface area (Å²) in [5.41, 5.74) is 0.583. The zero-order valence-electron chi connectivity index (χ0n) is 10.4. The van der Waals surface area contributed by atoms with Crippen LogP contribution in [-0.4, -0.2) is 43.2 Å². The zero-order valence-corrected chi connectivity index (χ0v) is 10.4. The van der Waals surface area contributed by atoms with Gasteiger partial charge in [-0.1, -0.05) is 0 Å². The van der Waals surface area contributed by atoms with Crippen LogP contribution in [0.25, 0.3) is 0 Å². The van der Waals surface area contributed by atoms with Crippen molar-refractivity contribution < 1.29 is 9.53 Å². The Morgan fingerprint density at radius 3 is 2.94 bits per heavy atom. The van der Waals surface area contributed by atoms with Gasteiger partial charge in [-0.3, -0.25) is 9.59 Å². The van der Waals surface area contributed by atoms with Gasteiger partial charge in [-0.05, 0) is 6.92 Å². The van der Waals surface area contributed by atoms with Crippen LogP contribution in [0.5, 0.6) is 0 Å². The van der Waals surface area contributed by atoms with Crippen LogP contribution in [0.1, 0.15) is 16.1 Å². The number of ether oxygens (including phenoxy) is 1. The number of rotatable bonds is 3. The van der Waals surface area contributed by atoms with Crippen LogP contribution >= 0.6 is 0 Å². The fourth-order valence-corrected chi connectivity index (χ4v) is 2.04.